The van der Waals surface area contributed by atoms with Gasteiger partial charge >= 0.3 is 6.18 Å². The first-order valence-electron chi connectivity index (χ1n) is 10.4. The highest BCUT2D eigenvalue weighted by Gasteiger charge is 2.29. The Bertz CT molecular complexity index is 1050. The first-order chi connectivity index (χ1) is 14.4. The van der Waals surface area contributed by atoms with Crippen LogP contribution in [-0.4, -0.2) is 18.1 Å². The Balaban J connectivity index is 1.29. The van der Waals surface area contributed by atoms with Crippen molar-refractivity contribution >= 4 is 16.6 Å². The second-order valence-corrected chi connectivity index (χ2v) is 8.08. The molecule has 0 saturated carbocycles. The van der Waals surface area contributed by atoms with Gasteiger partial charge in [-0.15, -0.1) is 0 Å². The number of aromatic nitrogens is 1. The highest BCUT2D eigenvalue weighted by Crippen LogP contribution is 2.31. The normalized spacial score (nSPS) is 15.6. The monoisotopic (exact) mass is 414 g/mol. The van der Waals surface area contributed by atoms with Crippen molar-refractivity contribution in [1.29, 1.82) is 0 Å². The number of pyridine rings is 1. The molecule has 0 atom stereocenters. The molecule has 0 radical (unpaired) electrons. The van der Waals surface area contributed by atoms with E-state index in [9.17, 15) is 18.0 Å². The van der Waals surface area contributed by atoms with Gasteiger partial charge in [-0.3, -0.25) is 4.79 Å². The molecule has 2 aromatic carbocycles. The third kappa shape index (κ3) is 4.69. The number of rotatable bonds is 5. The number of hydrogen-bond donors (Lipinski definition) is 1. The Morgan fingerprint density at radius 3 is 2.40 bits per heavy atom. The number of anilines is 1. The molecule has 30 heavy (non-hydrogen) atoms. The maximum absolute atomic E-state index is 12.7. The smallest absolute Gasteiger partial charge is 0.371 e. The van der Waals surface area contributed by atoms with E-state index >= 15 is 0 Å². The van der Waals surface area contributed by atoms with Crippen molar-refractivity contribution in [2.24, 2.45) is 5.92 Å². The second kappa shape index (κ2) is 8.54. The van der Waals surface area contributed by atoms with Gasteiger partial charge in [-0.1, -0.05) is 18.2 Å². The fraction of sp³-hybridized carbons (Fsp3) is 0.375. The minimum atomic E-state index is -4.27. The molecule has 4 rings (SSSR count). The van der Waals surface area contributed by atoms with Gasteiger partial charge in [0.2, 0.25) is 5.56 Å². The van der Waals surface area contributed by atoms with E-state index in [4.69, 9.17) is 0 Å². The molecular formula is C24H25F3N2O. The quantitative estimate of drug-likeness (QED) is 0.574. The average molecular weight is 414 g/mol. The first-order valence-corrected chi connectivity index (χ1v) is 10.4. The highest BCUT2D eigenvalue weighted by molar-refractivity contribution is 5.91. The van der Waals surface area contributed by atoms with Crippen molar-refractivity contribution in [3.63, 3.8) is 0 Å². The number of aryl methyl sites for hydroxylation is 1. The summed E-state index contributed by atoms with van der Waals surface area (Å²) in [5.41, 5.74) is 2.30. The Kier molecular flexibility index (Phi) is 5.84. The Labute approximate surface area is 173 Å². The number of hydrogen-bond acceptors (Lipinski definition) is 2. The molecule has 6 heteroatoms. The number of piperidine rings is 1. The van der Waals surface area contributed by atoms with Crippen LogP contribution >= 0.6 is 0 Å². The van der Waals surface area contributed by atoms with Gasteiger partial charge in [0.25, 0.3) is 0 Å². The molecule has 1 saturated heterocycles. The van der Waals surface area contributed by atoms with Gasteiger partial charge in [-0.25, -0.2) is 0 Å². The van der Waals surface area contributed by atoms with E-state index in [1.807, 2.05) is 18.2 Å². The minimum absolute atomic E-state index is 0.0913. The molecule has 0 amide bonds. The predicted octanol–water partition coefficient (Wildman–Crippen LogP) is 5.79. The molecule has 0 unspecified atom stereocenters. The lowest BCUT2D eigenvalue weighted by atomic mass is 9.90. The largest absolute Gasteiger partial charge is 0.416 e. The van der Waals surface area contributed by atoms with E-state index in [0.29, 0.717) is 5.92 Å². The molecule has 0 bridgehead atoms. The van der Waals surface area contributed by atoms with Crippen LogP contribution in [0.2, 0.25) is 0 Å². The van der Waals surface area contributed by atoms with E-state index in [1.54, 1.807) is 18.2 Å². The van der Waals surface area contributed by atoms with Crippen molar-refractivity contribution in [1.82, 2.24) is 4.98 Å². The van der Waals surface area contributed by atoms with Crippen molar-refractivity contribution < 1.29 is 13.2 Å². The highest BCUT2D eigenvalue weighted by atomic mass is 19.4. The summed E-state index contributed by atoms with van der Waals surface area (Å²) in [7, 11) is 0. The SMILES string of the molecule is O=c1ccc2c(N3CCC(CCCc4ccc(C(F)(F)F)cc4)CC3)cccc2[nH]1. The van der Waals surface area contributed by atoms with Crippen LogP contribution < -0.4 is 10.5 Å². The van der Waals surface area contributed by atoms with Gasteiger partial charge in [0.1, 0.15) is 0 Å². The van der Waals surface area contributed by atoms with Crippen LogP contribution in [0, 0.1) is 5.92 Å². The second-order valence-electron chi connectivity index (χ2n) is 8.08. The lowest BCUT2D eigenvalue weighted by Gasteiger charge is -2.34. The fourth-order valence-corrected chi connectivity index (χ4v) is 4.36. The Morgan fingerprint density at radius 1 is 0.967 bits per heavy atom. The maximum atomic E-state index is 12.7. The van der Waals surface area contributed by atoms with E-state index in [1.165, 1.54) is 12.1 Å². The number of alkyl halides is 3. The number of H-pyrrole nitrogens is 1. The number of nitrogens with zero attached hydrogens (tertiary/aromatic N) is 1. The molecule has 1 N–H and O–H groups in total. The van der Waals surface area contributed by atoms with Crippen LogP contribution in [0.5, 0.6) is 0 Å². The van der Waals surface area contributed by atoms with Crippen LogP contribution in [0.1, 0.15) is 36.8 Å². The zero-order valence-corrected chi connectivity index (χ0v) is 16.7. The van der Waals surface area contributed by atoms with Gasteiger partial charge in [0, 0.05) is 30.2 Å². The molecule has 1 aliphatic heterocycles. The maximum Gasteiger partial charge on any atom is 0.416 e. The fourth-order valence-electron chi connectivity index (χ4n) is 4.36. The number of nitrogens with one attached hydrogen (secondary N) is 1. The molecule has 1 fully saturated rings. The van der Waals surface area contributed by atoms with Crippen LogP contribution in [0.15, 0.2) is 59.4 Å². The third-order valence-corrected chi connectivity index (χ3v) is 6.06. The van der Waals surface area contributed by atoms with Gasteiger partial charge in [-0.2, -0.15) is 13.2 Å². The van der Waals surface area contributed by atoms with E-state index < -0.39 is 11.7 Å². The topological polar surface area (TPSA) is 36.1 Å². The van der Waals surface area contributed by atoms with Gasteiger partial charge in [-0.05, 0) is 73.9 Å². The molecule has 3 nitrogen and oxygen atoms in total. The van der Waals surface area contributed by atoms with Crippen molar-refractivity contribution in [2.45, 2.75) is 38.3 Å². The molecule has 0 aliphatic carbocycles. The molecule has 2 heterocycles. The van der Waals surface area contributed by atoms with Gasteiger partial charge in [0.05, 0.1) is 11.1 Å². The lowest BCUT2D eigenvalue weighted by molar-refractivity contribution is -0.137. The predicted molar refractivity (Wildman–Crippen MR) is 114 cm³/mol. The number of benzene rings is 2. The van der Waals surface area contributed by atoms with E-state index in [2.05, 4.69) is 16.0 Å². The van der Waals surface area contributed by atoms with Crippen LogP contribution in [0.4, 0.5) is 18.9 Å². The van der Waals surface area contributed by atoms with Crippen LogP contribution in [0.3, 0.4) is 0 Å². The van der Waals surface area contributed by atoms with Crippen molar-refractivity contribution in [2.75, 3.05) is 18.0 Å². The summed E-state index contributed by atoms with van der Waals surface area (Å²) in [5.74, 6) is 0.644. The average Bonchev–Trinajstić information content (AvgIpc) is 2.73. The molecule has 158 valence electrons. The molecule has 0 spiro atoms. The van der Waals surface area contributed by atoms with Crippen molar-refractivity contribution in [3.8, 4) is 0 Å². The van der Waals surface area contributed by atoms with Crippen LogP contribution in [-0.2, 0) is 12.6 Å². The standard InChI is InChI=1S/C24H25F3N2O/c25-24(26,27)19-9-7-17(8-10-19)3-1-4-18-13-15-29(16-14-18)22-6-2-5-21-20(22)11-12-23(30)28-21/h2,5-12,18H,1,3-4,13-16H2,(H,28,30). The minimum Gasteiger partial charge on any atom is -0.371 e. The summed E-state index contributed by atoms with van der Waals surface area (Å²) in [6.45, 7) is 1.95. The molecule has 3 aromatic rings. The Morgan fingerprint density at radius 2 is 1.70 bits per heavy atom. The lowest BCUT2D eigenvalue weighted by Crippen LogP contribution is -2.33. The molecule has 1 aromatic heterocycles. The Hall–Kier alpha value is -2.76. The molecule has 1 aliphatic rings. The van der Waals surface area contributed by atoms with E-state index in [0.717, 1.165) is 67.3 Å². The summed E-state index contributed by atoms with van der Waals surface area (Å²) < 4.78 is 38.0. The summed E-state index contributed by atoms with van der Waals surface area (Å²) >= 11 is 0. The number of fused-ring (bicyclic) bond motifs is 1. The number of aromatic amines is 1. The van der Waals surface area contributed by atoms with Crippen LogP contribution in [0.25, 0.3) is 10.9 Å². The third-order valence-electron chi connectivity index (χ3n) is 6.06. The van der Waals surface area contributed by atoms with Crippen molar-refractivity contribution in [3.05, 3.63) is 76.1 Å². The zero-order chi connectivity index (χ0) is 21.1. The summed E-state index contributed by atoms with van der Waals surface area (Å²) in [4.78, 5) is 16.8. The van der Waals surface area contributed by atoms with Gasteiger partial charge in [0.15, 0.2) is 0 Å². The van der Waals surface area contributed by atoms with Gasteiger partial charge < -0.3 is 9.88 Å². The van der Waals surface area contributed by atoms with E-state index in [-0.39, 0.29) is 5.56 Å². The number of halogens is 3. The molecular weight excluding hydrogens is 389 g/mol. The first kappa shape index (κ1) is 20.5. The summed E-state index contributed by atoms with van der Waals surface area (Å²) in [6.07, 6.45) is 0.837. The summed E-state index contributed by atoms with van der Waals surface area (Å²) in [6, 6.07) is 15.0. The summed E-state index contributed by atoms with van der Waals surface area (Å²) in [5, 5.41) is 1.07. The zero-order valence-electron chi connectivity index (χ0n) is 16.7.